The van der Waals surface area contributed by atoms with Gasteiger partial charge in [0.25, 0.3) is 0 Å². The van der Waals surface area contributed by atoms with E-state index < -0.39 is 0 Å². The van der Waals surface area contributed by atoms with Gasteiger partial charge in [0, 0.05) is 38.4 Å². The van der Waals surface area contributed by atoms with Gasteiger partial charge in [0.05, 0.1) is 5.69 Å². The fourth-order valence-electron chi connectivity index (χ4n) is 1.93. The molecule has 4 heteroatoms. The Bertz CT molecular complexity index is 370. The summed E-state index contributed by atoms with van der Waals surface area (Å²) >= 11 is 0. The standard InChI is InChI=1S/C15H26N4/c1-18(2)8-9-19(3)12-15-5-4-13(11-17-15)10-16-14-6-7-14/h4-5,11,14,16H,6-10,12H2,1-3H3. The Morgan fingerprint density at radius 3 is 2.58 bits per heavy atom. The van der Waals surface area contributed by atoms with E-state index in [-0.39, 0.29) is 0 Å². The summed E-state index contributed by atoms with van der Waals surface area (Å²) < 4.78 is 0. The largest absolute Gasteiger partial charge is 0.310 e. The van der Waals surface area contributed by atoms with Gasteiger partial charge in [-0.25, -0.2) is 0 Å². The zero-order valence-corrected chi connectivity index (χ0v) is 12.4. The first-order valence-electron chi connectivity index (χ1n) is 7.14. The van der Waals surface area contributed by atoms with Crippen LogP contribution in [0.5, 0.6) is 0 Å². The van der Waals surface area contributed by atoms with Crippen LogP contribution in [-0.4, -0.2) is 55.1 Å². The van der Waals surface area contributed by atoms with Crippen molar-refractivity contribution in [2.24, 2.45) is 0 Å². The fraction of sp³-hybridized carbons (Fsp3) is 0.667. The predicted octanol–water partition coefficient (Wildman–Crippen LogP) is 1.33. The molecule has 1 aromatic heterocycles. The predicted molar refractivity (Wildman–Crippen MR) is 79.0 cm³/mol. The van der Waals surface area contributed by atoms with Crippen molar-refractivity contribution in [1.29, 1.82) is 0 Å². The molecule has 1 aliphatic rings. The molecule has 1 fully saturated rings. The van der Waals surface area contributed by atoms with Gasteiger partial charge in [-0.1, -0.05) is 6.07 Å². The van der Waals surface area contributed by atoms with E-state index in [2.05, 4.69) is 53.4 Å². The van der Waals surface area contributed by atoms with Crippen LogP contribution in [0, 0.1) is 0 Å². The summed E-state index contributed by atoms with van der Waals surface area (Å²) in [7, 11) is 6.36. The minimum atomic E-state index is 0.761. The highest BCUT2D eigenvalue weighted by molar-refractivity contribution is 5.14. The van der Waals surface area contributed by atoms with Crippen molar-refractivity contribution in [3.05, 3.63) is 29.6 Å². The molecule has 0 saturated heterocycles. The summed E-state index contributed by atoms with van der Waals surface area (Å²) in [6, 6.07) is 5.10. The van der Waals surface area contributed by atoms with Gasteiger partial charge < -0.3 is 10.2 Å². The molecule has 0 amide bonds. The summed E-state index contributed by atoms with van der Waals surface area (Å²) in [5, 5.41) is 3.51. The zero-order valence-electron chi connectivity index (χ0n) is 12.4. The molecule has 0 aromatic carbocycles. The Balaban J connectivity index is 1.73. The molecule has 4 nitrogen and oxygen atoms in total. The Hall–Kier alpha value is -0.970. The average Bonchev–Trinajstić information content (AvgIpc) is 3.20. The number of aromatic nitrogens is 1. The van der Waals surface area contributed by atoms with E-state index in [9.17, 15) is 0 Å². The topological polar surface area (TPSA) is 31.4 Å². The van der Waals surface area contributed by atoms with E-state index in [0.717, 1.165) is 37.9 Å². The first kappa shape index (κ1) is 14.4. The third kappa shape index (κ3) is 5.68. The molecule has 19 heavy (non-hydrogen) atoms. The summed E-state index contributed by atoms with van der Waals surface area (Å²) in [4.78, 5) is 9.06. The summed E-state index contributed by atoms with van der Waals surface area (Å²) in [6.45, 7) is 4.03. The lowest BCUT2D eigenvalue weighted by Crippen LogP contribution is -2.28. The van der Waals surface area contributed by atoms with E-state index in [1.54, 1.807) is 0 Å². The molecule has 0 bridgehead atoms. The Morgan fingerprint density at radius 2 is 2.00 bits per heavy atom. The van der Waals surface area contributed by atoms with Gasteiger partial charge in [-0.15, -0.1) is 0 Å². The Kier molecular flexibility index (Phi) is 5.31. The number of likely N-dealkylation sites (N-methyl/N-ethyl adjacent to an activating group) is 2. The second-order valence-corrected chi connectivity index (χ2v) is 5.85. The maximum Gasteiger partial charge on any atom is 0.0544 e. The van der Waals surface area contributed by atoms with E-state index in [4.69, 9.17) is 0 Å². The van der Waals surface area contributed by atoms with Crippen LogP contribution in [-0.2, 0) is 13.1 Å². The maximum atomic E-state index is 4.55. The van der Waals surface area contributed by atoms with Gasteiger partial charge in [-0.2, -0.15) is 0 Å². The van der Waals surface area contributed by atoms with Gasteiger partial charge in [0.15, 0.2) is 0 Å². The molecular weight excluding hydrogens is 236 g/mol. The molecule has 2 rings (SSSR count). The number of nitrogens with one attached hydrogen (secondary N) is 1. The lowest BCUT2D eigenvalue weighted by atomic mass is 10.2. The lowest BCUT2D eigenvalue weighted by Gasteiger charge is -2.18. The number of pyridine rings is 1. The minimum Gasteiger partial charge on any atom is -0.310 e. The lowest BCUT2D eigenvalue weighted by molar-refractivity contribution is 0.274. The van der Waals surface area contributed by atoms with Gasteiger partial charge in [0.1, 0.15) is 0 Å². The Labute approximate surface area is 116 Å². The van der Waals surface area contributed by atoms with Crippen LogP contribution in [0.4, 0.5) is 0 Å². The molecule has 0 atom stereocenters. The van der Waals surface area contributed by atoms with Crippen LogP contribution in [0.25, 0.3) is 0 Å². The van der Waals surface area contributed by atoms with Crippen LogP contribution in [0.15, 0.2) is 18.3 Å². The Morgan fingerprint density at radius 1 is 1.21 bits per heavy atom. The summed E-state index contributed by atoms with van der Waals surface area (Å²) in [5.41, 5.74) is 2.43. The normalized spacial score (nSPS) is 15.4. The van der Waals surface area contributed by atoms with Gasteiger partial charge in [-0.3, -0.25) is 9.88 Å². The van der Waals surface area contributed by atoms with E-state index in [1.807, 2.05) is 6.20 Å². The fourth-order valence-corrected chi connectivity index (χ4v) is 1.93. The smallest absolute Gasteiger partial charge is 0.0544 e. The van der Waals surface area contributed by atoms with Crippen molar-refractivity contribution >= 4 is 0 Å². The van der Waals surface area contributed by atoms with Crippen LogP contribution < -0.4 is 5.32 Å². The van der Waals surface area contributed by atoms with Gasteiger partial charge in [0.2, 0.25) is 0 Å². The summed E-state index contributed by atoms with van der Waals surface area (Å²) in [5.74, 6) is 0. The average molecular weight is 262 g/mol. The highest BCUT2D eigenvalue weighted by Gasteiger charge is 2.19. The minimum absolute atomic E-state index is 0.761. The van der Waals surface area contributed by atoms with Crippen molar-refractivity contribution in [3.8, 4) is 0 Å². The third-order valence-electron chi connectivity index (χ3n) is 3.42. The van der Waals surface area contributed by atoms with Crippen LogP contribution in [0.1, 0.15) is 24.1 Å². The van der Waals surface area contributed by atoms with Crippen LogP contribution in [0.2, 0.25) is 0 Å². The van der Waals surface area contributed by atoms with Crippen molar-refractivity contribution in [2.75, 3.05) is 34.2 Å². The van der Waals surface area contributed by atoms with Crippen molar-refractivity contribution in [3.63, 3.8) is 0 Å². The van der Waals surface area contributed by atoms with Crippen molar-refractivity contribution in [2.45, 2.75) is 32.0 Å². The molecule has 1 N–H and O–H groups in total. The first-order chi connectivity index (χ1) is 9.13. The molecule has 0 spiro atoms. The quantitative estimate of drug-likeness (QED) is 0.766. The number of rotatable bonds is 8. The number of hydrogen-bond donors (Lipinski definition) is 1. The van der Waals surface area contributed by atoms with Gasteiger partial charge >= 0.3 is 0 Å². The highest BCUT2D eigenvalue weighted by Crippen LogP contribution is 2.19. The molecule has 0 aliphatic heterocycles. The monoisotopic (exact) mass is 262 g/mol. The molecule has 0 unspecified atom stereocenters. The van der Waals surface area contributed by atoms with Crippen molar-refractivity contribution in [1.82, 2.24) is 20.1 Å². The molecule has 0 radical (unpaired) electrons. The maximum absolute atomic E-state index is 4.55. The first-order valence-corrected chi connectivity index (χ1v) is 7.14. The zero-order chi connectivity index (χ0) is 13.7. The number of nitrogens with zero attached hydrogens (tertiary/aromatic N) is 3. The highest BCUT2D eigenvalue weighted by atomic mass is 15.2. The molecular formula is C15H26N4. The van der Waals surface area contributed by atoms with E-state index in [1.165, 1.54) is 18.4 Å². The molecule has 1 aromatic rings. The van der Waals surface area contributed by atoms with E-state index in [0.29, 0.717) is 0 Å². The molecule has 1 heterocycles. The van der Waals surface area contributed by atoms with E-state index >= 15 is 0 Å². The van der Waals surface area contributed by atoms with Crippen molar-refractivity contribution < 1.29 is 0 Å². The second-order valence-electron chi connectivity index (χ2n) is 5.85. The second kappa shape index (κ2) is 6.98. The van der Waals surface area contributed by atoms with Crippen LogP contribution >= 0.6 is 0 Å². The third-order valence-corrected chi connectivity index (χ3v) is 3.42. The SMILES string of the molecule is CN(C)CCN(C)Cc1ccc(CNC2CC2)cn1. The molecule has 1 aliphatic carbocycles. The number of hydrogen-bond acceptors (Lipinski definition) is 4. The molecule has 106 valence electrons. The van der Waals surface area contributed by atoms with Crippen LogP contribution in [0.3, 0.4) is 0 Å². The van der Waals surface area contributed by atoms with Gasteiger partial charge in [-0.05, 0) is 45.6 Å². The molecule has 1 saturated carbocycles. The summed E-state index contributed by atoms with van der Waals surface area (Å²) in [6.07, 6.45) is 4.68.